The van der Waals surface area contributed by atoms with Crippen LogP contribution < -0.4 is 0 Å². The Balaban J connectivity index is 1.29. The Bertz CT molecular complexity index is 786. The number of carbonyl (C=O) groups is 2. The number of esters is 1. The minimum atomic E-state index is 0.0372. The highest BCUT2D eigenvalue weighted by atomic mass is 16.5. The van der Waals surface area contributed by atoms with Crippen LogP contribution in [0.3, 0.4) is 0 Å². The summed E-state index contributed by atoms with van der Waals surface area (Å²) in [4.78, 5) is 24.6. The molecule has 3 fully saturated rings. The smallest absolute Gasteiger partial charge is 0.306 e. The third-order valence-corrected chi connectivity index (χ3v) is 9.75. The first-order valence-electron chi connectivity index (χ1n) is 12.5. The van der Waals surface area contributed by atoms with E-state index in [2.05, 4.69) is 19.9 Å². The van der Waals surface area contributed by atoms with Crippen LogP contribution in [0.4, 0.5) is 0 Å². The molecule has 0 aliphatic heterocycles. The Labute approximate surface area is 181 Å². The Morgan fingerprint density at radius 1 is 1.10 bits per heavy atom. The van der Waals surface area contributed by atoms with E-state index in [4.69, 9.17) is 4.74 Å². The third-order valence-electron chi connectivity index (χ3n) is 9.75. The van der Waals surface area contributed by atoms with Gasteiger partial charge in [0.15, 0.2) is 5.78 Å². The summed E-state index contributed by atoms with van der Waals surface area (Å²) in [6.07, 6.45) is 18.5. The predicted octanol–water partition coefficient (Wildman–Crippen LogP) is 6.32. The third kappa shape index (κ3) is 3.31. The fraction of sp³-hybridized carbons (Fsp3) is 0.778. The number of allylic oxidation sites excluding steroid dienone is 4. The standard InChI is InChI=1S/C27H38O3/c1-26-15-13-20(28)17-19(26)8-9-21-22-10-11-24(27(22,2)16-14-23(21)26)30-25(29)12-7-18-5-3-4-6-18/h14,17-18,21-22,24H,3-13,15-16H2,1-2H3/t21-,22-,24-,26-,27-/m0/s1. The first kappa shape index (κ1) is 20.5. The van der Waals surface area contributed by atoms with Gasteiger partial charge in [0.05, 0.1) is 0 Å². The van der Waals surface area contributed by atoms with Gasteiger partial charge in [-0.1, -0.05) is 56.8 Å². The van der Waals surface area contributed by atoms with Crippen molar-refractivity contribution >= 4 is 11.8 Å². The maximum atomic E-state index is 12.6. The highest BCUT2D eigenvalue weighted by molar-refractivity contribution is 5.92. The molecule has 0 N–H and O–H groups in total. The Morgan fingerprint density at radius 3 is 2.70 bits per heavy atom. The van der Waals surface area contributed by atoms with Crippen molar-refractivity contribution in [3.63, 3.8) is 0 Å². The monoisotopic (exact) mass is 410 g/mol. The second-order valence-electron chi connectivity index (χ2n) is 11.3. The zero-order valence-corrected chi connectivity index (χ0v) is 18.9. The molecular formula is C27H38O3. The Hall–Kier alpha value is -1.38. The van der Waals surface area contributed by atoms with Crippen LogP contribution in [-0.4, -0.2) is 17.9 Å². The van der Waals surface area contributed by atoms with Crippen LogP contribution in [0, 0.1) is 28.6 Å². The molecule has 5 rings (SSSR count). The zero-order valence-electron chi connectivity index (χ0n) is 18.9. The van der Waals surface area contributed by atoms with Crippen LogP contribution in [0.1, 0.15) is 97.3 Å². The van der Waals surface area contributed by atoms with E-state index in [0.29, 0.717) is 30.5 Å². The quantitative estimate of drug-likeness (QED) is 0.402. The van der Waals surface area contributed by atoms with E-state index in [9.17, 15) is 9.59 Å². The van der Waals surface area contributed by atoms with Crippen LogP contribution in [0.5, 0.6) is 0 Å². The van der Waals surface area contributed by atoms with Crippen molar-refractivity contribution in [2.75, 3.05) is 0 Å². The minimum absolute atomic E-state index is 0.0372. The van der Waals surface area contributed by atoms with Gasteiger partial charge in [-0.25, -0.2) is 0 Å². The van der Waals surface area contributed by atoms with Gasteiger partial charge in [-0.3, -0.25) is 9.59 Å². The predicted molar refractivity (Wildman–Crippen MR) is 118 cm³/mol. The van der Waals surface area contributed by atoms with Gasteiger partial charge in [-0.15, -0.1) is 0 Å². The lowest BCUT2D eigenvalue weighted by Crippen LogP contribution is -2.46. The molecule has 0 aromatic heterocycles. The van der Waals surface area contributed by atoms with E-state index in [1.807, 2.05) is 6.08 Å². The topological polar surface area (TPSA) is 43.4 Å². The van der Waals surface area contributed by atoms with Crippen LogP contribution >= 0.6 is 0 Å². The van der Waals surface area contributed by atoms with E-state index < -0.39 is 0 Å². The molecule has 0 unspecified atom stereocenters. The summed E-state index contributed by atoms with van der Waals surface area (Å²) < 4.78 is 6.14. The fourth-order valence-corrected chi connectivity index (χ4v) is 7.84. The molecule has 0 heterocycles. The van der Waals surface area contributed by atoms with Gasteiger partial charge >= 0.3 is 5.97 Å². The number of hydrogen-bond acceptors (Lipinski definition) is 3. The van der Waals surface area contributed by atoms with Crippen LogP contribution in [0.2, 0.25) is 0 Å². The second-order valence-corrected chi connectivity index (χ2v) is 11.3. The fourth-order valence-electron chi connectivity index (χ4n) is 7.84. The molecule has 0 radical (unpaired) electrons. The van der Waals surface area contributed by atoms with E-state index in [1.165, 1.54) is 37.7 Å². The van der Waals surface area contributed by atoms with Gasteiger partial charge < -0.3 is 4.74 Å². The van der Waals surface area contributed by atoms with E-state index >= 15 is 0 Å². The summed E-state index contributed by atoms with van der Waals surface area (Å²) >= 11 is 0. The van der Waals surface area contributed by atoms with Gasteiger partial charge in [0, 0.05) is 23.7 Å². The zero-order chi connectivity index (χ0) is 20.9. The first-order valence-corrected chi connectivity index (χ1v) is 12.5. The lowest BCUT2D eigenvalue weighted by molar-refractivity contribution is -0.156. The van der Waals surface area contributed by atoms with Crippen molar-refractivity contribution in [3.05, 3.63) is 23.3 Å². The molecule has 5 aliphatic carbocycles. The van der Waals surface area contributed by atoms with Crippen LogP contribution in [0.15, 0.2) is 23.3 Å². The number of rotatable bonds is 4. The largest absolute Gasteiger partial charge is 0.462 e. The van der Waals surface area contributed by atoms with Crippen LogP contribution in [-0.2, 0) is 14.3 Å². The lowest BCUT2D eigenvalue weighted by atomic mass is 9.52. The summed E-state index contributed by atoms with van der Waals surface area (Å²) in [7, 11) is 0. The summed E-state index contributed by atoms with van der Waals surface area (Å²) in [6, 6.07) is 0. The molecule has 30 heavy (non-hydrogen) atoms. The molecule has 5 aliphatic rings. The van der Waals surface area contributed by atoms with Gasteiger partial charge in [-0.2, -0.15) is 0 Å². The number of carbonyl (C=O) groups excluding carboxylic acids is 2. The average molecular weight is 411 g/mol. The van der Waals surface area contributed by atoms with E-state index in [1.54, 1.807) is 5.57 Å². The van der Waals surface area contributed by atoms with Gasteiger partial charge in [0.1, 0.15) is 6.10 Å². The number of ether oxygens (including phenoxy) is 1. The molecule has 3 heteroatoms. The van der Waals surface area contributed by atoms with Gasteiger partial charge in [-0.05, 0) is 68.8 Å². The van der Waals surface area contributed by atoms with Crippen molar-refractivity contribution in [1.29, 1.82) is 0 Å². The molecule has 0 aromatic rings. The Morgan fingerprint density at radius 2 is 1.90 bits per heavy atom. The normalized spacial score (nSPS) is 40.9. The summed E-state index contributed by atoms with van der Waals surface area (Å²) in [6.45, 7) is 4.76. The minimum Gasteiger partial charge on any atom is -0.462 e. The van der Waals surface area contributed by atoms with Crippen molar-refractivity contribution in [2.45, 2.75) is 103 Å². The molecule has 0 bridgehead atoms. The number of ketones is 1. The molecule has 164 valence electrons. The lowest BCUT2D eigenvalue weighted by Gasteiger charge is -2.53. The maximum absolute atomic E-state index is 12.6. The number of fused-ring (bicyclic) bond motifs is 5. The molecule has 3 saturated carbocycles. The van der Waals surface area contributed by atoms with E-state index in [-0.39, 0.29) is 22.9 Å². The summed E-state index contributed by atoms with van der Waals surface area (Å²) in [5.74, 6) is 2.31. The molecular weight excluding hydrogens is 372 g/mol. The summed E-state index contributed by atoms with van der Waals surface area (Å²) in [5, 5.41) is 0. The molecule has 0 spiro atoms. The summed E-state index contributed by atoms with van der Waals surface area (Å²) in [5.41, 5.74) is 3.15. The van der Waals surface area contributed by atoms with Gasteiger partial charge in [0.25, 0.3) is 0 Å². The first-order chi connectivity index (χ1) is 14.4. The maximum Gasteiger partial charge on any atom is 0.306 e. The SMILES string of the molecule is C[C@]12CCC(=O)C=C1CC[C@@H]1C2=CC[C@]2(C)[C@@H](OC(=O)CCC3CCCC3)CC[C@@H]12. The Kier molecular flexibility index (Phi) is 5.22. The molecule has 0 amide bonds. The van der Waals surface area contributed by atoms with Crippen LogP contribution in [0.25, 0.3) is 0 Å². The average Bonchev–Trinajstić information content (AvgIpc) is 3.35. The van der Waals surface area contributed by atoms with Crippen molar-refractivity contribution in [2.24, 2.45) is 28.6 Å². The van der Waals surface area contributed by atoms with Gasteiger partial charge in [0.2, 0.25) is 0 Å². The van der Waals surface area contributed by atoms with Crippen molar-refractivity contribution < 1.29 is 14.3 Å². The van der Waals surface area contributed by atoms with Crippen molar-refractivity contribution in [1.82, 2.24) is 0 Å². The highest BCUT2D eigenvalue weighted by Gasteiger charge is 2.57. The second kappa shape index (κ2) is 7.64. The van der Waals surface area contributed by atoms with Crippen molar-refractivity contribution in [3.8, 4) is 0 Å². The molecule has 0 saturated heterocycles. The number of hydrogen-bond donors (Lipinski definition) is 0. The molecule has 3 nitrogen and oxygen atoms in total. The molecule has 0 aromatic carbocycles. The highest BCUT2D eigenvalue weighted by Crippen LogP contribution is 2.63. The van der Waals surface area contributed by atoms with E-state index in [0.717, 1.165) is 44.4 Å². The molecule has 5 atom stereocenters.